The van der Waals surface area contributed by atoms with Crippen LogP contribution in [0, 0.1) is 6.92 Å². The Hall–Kier alpha value is -2.92. The lowest BCUT2D eigenvalue weighted by molar-refractivity contribution is 0.148. The molecule has 1 fully saturated rings. The molecule has 0 unspecified atom stereocenters. The minimum atomic E-state index is -3.57. The number of sulfonamides is 1. The number of imidazole rings is 1. The third-order valence-electron chi connectivity index (χ3n) is 6.13. The highest BCUT2D eigenvalue weighted by molar-refractivity contribution is 7.92. The summed E-state index contributed by atoms with van der Waals surface area (Å²) in [7, 11) is -3.57. The number of fused-ring (bicyclic) bond motifs is 1. The lowest BCUT2D eigenvalue weighted by Gasteiger charge is -2.14. The third kappa shape index (κ3) is 5.67. The van der Waals surface area contributed by atoms with Gasteiger partial charge in [-0.15, -0.1) is 5.10 Å². The van der Waals surface area contributed by atoms with Crippen molar-refractivity contribution in [2.24, 2.45) is 0 Å². The van der Waals surface area contributed by atoms with Crippen molar-refractivity contribution in [3.05, 3.63) is 40.1 Å². The SMILES string of the molecule is CCOCCCS(=O)(=O)Nc1ccc(OCC)c(-c2nn3c(C4CCCC4)nc(C)c3c(=O)[nH]2)c1. The van der Waals surface area contributed by atoms with E-state index in [1.54, 1.807) is 22.7 Å². The maximum Gasteiger partial charge on any atom is 0.277 e. The number of hydrogen-bond donors (Lipinski definition) is 2. The topological polar surface area (TPSA) is 128 Å². The van der Waals surface area contributed by atoms with Gasteiger partial charge in [-0.2, -0.15) is 0 Å². The Morgan fingerprint density at radius 3 is 2.69 bits per heavy atom. The summed E-state index contributed by atoms with van der Waals surface area (Å²) in [5.41, 5.74) is 1.63. The molecule has 0 aliphatic heterocycles. The molecule has 35 heavy (non-hydrogen) atoms. The smallest absolute Gasteiger partial charge is 0.277 e. The van der Waals surface area contributed by atoms with Gasteiger partial charge in [-0.3, -0.25) is 9.52 Å². The molecule has 0 spiro atoms. The molecule has 0 saturated heterocycles. The molecule has 1 aliphatic rings. The highest BCUT2D eigenvalue weighted by Gasteiger charge is 2.25. The number of hydrogen-bond acceptors (Lipinski definition) is 7. The Balaban J connectivity index is 1.73. The van der Waals surface area contributed by atoms with E-state index in [2.05, 4.69) is 14.7 Å². The number of benzene rings is 1. The predicted molar refractivity (Wildman–Crippen MR) is 135 cm³/mol. The van der Waals surface area contributed by atoms with Gasteiger partial charge < -0.3 is 14.5 Å². The summed E-state index contributed by atoms with van der Waals surface area (Å²) < 4.78 is 40.4. The Bertz CT molecular complexity index is 1340. The molecule has 2 N–H and O–H groups in total. The number of ether oxygens (including phenoxy) is 2. The van der Waals surface area contributed by atoms with Crippen molar-refractivity contribution in [3.63, 3.8) is 0 Å². The normalized spacial score (nSPS) is 14.6. The first-order valence-electron chi connectivity index (χ1n) is 12.2. The summed E-state index contributed by atoms with van der Waals surface area (Å²) >= 11 is 0. The highest BCUT2D eigenvalue weighted by atomic mass is 32.2. The number of aromatic nitrogens is 4. The molecule has 2 aromatic heterocycles. The molecule has 2 heterocycles. The maximum absolute atomic E-state index is 13.1. The molecule has 0 radical (unpaired) electrons. The second-order valence-corrected chi connectivity index (χ2v) is 10.6. The Kier molecular flexibility index (Phi) is 7.75. The molecule has 1 saturated carbocycles. The number of H-pyrrole nitrogens is 1. The van der Waals surface area contributed by atoms with E-state index >= 15 is 0 Å². The first-order valence-corrected chi connectivity index (χ1v) is 13.8. The van der Waals surface area contributed by atoms with Crippen molar-refractivity contribution in [1.82, 2.24) is 19.6 Å². The lowest BCUT2D eigenvalue weighted by atomic mass is 10.1. The van der Waals surface area contributed by atoms with Crippen LogP contribution in [-0.4, -0.2) is 53.6 Å². The van der Waals surface area contributed by atoms with Crippen LogP contribution in [0.5, 0.6) is 5.75 Å². The zero-order valence-electron chi connectivity index (χ0n) is 20.5. The molecule has 1 aromatic carbocycles. The van der Waals surface area contributed by atoms with E-state index in [0.29, 0.717) is 60.3 Å². The van der Waals surface area contributed by atoms with Crippen LogP contribution >= 0.6 is 0 Å². The second-order valence-electron chi connectivity index (χ2n) is 8.72. The number of aryl methyl sites for hydroxylation is 1. The van der Waals surface area contributed by atoms with Gasteiger partial charge in [0.2, 0.25) is 10.0 Å². The minimum Gasteiger partial charge on any atom is -0.493 e. The van der Waals surface area contributed by atoms with Crippen LogP contribution in [0.2, 0.25) is 0 Å². The maximum atomic E-state index is 13.1. The molecule has 11 heteroatoms. The molecule has 10 nitrogen and oxygen atoms in total. The van der Waals surface area contributed by atoms with Crippen molar-refractivity contribution >= 4 is 21.2 Å². The minimum absolute atomic E-state index is 0.0599. The molecule has 0 atom stereocenters. The number of nitrogens with zero attached hydrogens (tertiary/aromatic N) is 3. The average Bonchev–Trinajstić information content (AvgIpc) is 3.46. The molecule has 4 rings (SSSR count). The van der Waals surface area contributed by atoms with Gasteiger partial charge in [-0.1, -0.05) is 12.8 Å². The zero-order valence-corrected chi connectivity index (χ0v) is 21.3. The van der Waals surface area contributed by atoms with Crippen LogP contribution in [0.3, 0.4) is 0 Å². The van der Waals surface area contributed by atoms with Gasteiger partial charge >= 0.3 is 0 Å². The Labute approximate surface area is 205 Å². The van der Waals surface area contributed by atoms with Crippen molar-refractivity contribution in [3.8, 4) is 17.1 Å². The number of nitrogens with one attached hydrogen (secondary N) is 2. The molecule has 0 bridgehead atoms. The third-order valence-corrected chi connectivity index (χ3v) is 7.51. The number of aromatic amines is 1. The zero-order chi connectivity index (χ0) is 25.0. The van der Waals surface area contributed by atoms with Crippen LogP contribution in [0.4, 0.5) is 5.69 Å². The van der Waals surface area contributed by atoms with Crippen LogP contribution in [0.15, 0.2) is 23.0 Å². The number of anilines is 1. The van der Waals surface area contributed by atoms with E-state index in [1.807, 2.05) is 20.8 Å². The fraction of sp³-hybridized carbons (Fsp3) is 0.542. The van der Waals surface area contributed by atoms with Crippen molar-refractivity contribution < 1.29 is 17.9 Å². The number of rotatable bonds is 11. The summed E-state index contributed by atoms with van der Waals surface area (Å²) in [5, 5.41) is 4.75. The van der Waals surface area contributed by atoms with Gasteiger partial charge in [-0.25, -0.2) is 17.9 Å². The van der Waals surface area contributed by atoms with E-state index in [4.69, 9.17) is 14.6 Å². The van der Waals surface area contributed by atoms with Crippen LogP contribution in [-0.2, 0) is 14.8 Å². The molecular weight excluding hydrogens is 470 g/mol. The van der Waals surface area contributed by atoms with E-state index in [9.17, 15) is 13.2 Å². The van der Waals surface area contributed by atoms with E-state index < -0.39 is 10.0 Å². The second kappa shape index (κ2) is 10.8. The summed E-state index contributed by atoms with van der Waals surface area (Å²) in [6, 6.07) is 4.95. The summed E-state index contributed by atoms with van der Waals surface area (Å²) in [4.78, 5) is 20.6. The van der Waals surface area contributed by atoms with Crippen molar-refractivity contribution in [1.29, 1.82) is 0 Å². The Morgan fingerprint density at radius 1 is 1.20 bits per heavy atom. The quantitative estimate of drug-likeness (QED) is 0.383. The van der Waals surface area contributed by atoms with Gasteiger partial charge in [0.15, 0.2) is 11.3 Å². The molecule has 190 valence electrons. The first-order chi connectivity index (χ1) is 16.8. The highest BCUT2D eigenvalue weighted by Crippen LogP contribution is 2.35. The largest absolute Gasteiger partial charge is 0.493 e. The first kappa shape index (κ1) is 25.2. The fourth-order valence-corrected chi connectivity index (χ4v) is 5.63. The van der Waals surface area contributed by atoms with Gasteiger partial charge in [0, 0.05) is 24.8 Å². The van der Waals surface area contributed by atoms with E-state index in [1.165, 1.54) is 0 Å². The summed E-state index contributed by atoms with van der Waals surface area (Å²) in [6.45, 7) is 6.87. The van der Waals surface area contributed by atoms with Crippen LogP contribution < -0.4 is 15.0 Å². The van der Waals surface area contributed by atoms with E-state index in [-0.39, 0.29) is 17.2 Å². The van der Waals surface area contributed by atoms with Crippen molar-refractivity contribution in [2.75, 3.05) is 30.3 Å². The van der Waals surface area contributed by atoms with Gasteiger partial charge in [0.25, 0.3) is 5.56 Å². The Morgan fingerprint density at radius 2 is 1.97 bits per heavy atom. The standard InChI is InChI=1S/C24H33N5O5S/c1-4-33-13-8-14-35(31,32)28-18-11-12-20(34-5-2)19(15-18)22-26-24(30)21-16(3)25-23(29(21)27-22)17-9-6-7-10-17/h11-12,15,17,28H,4-10,13-14H2,1-3H3,(H,26,27,30). The lowest BCUT2D eigenvalue weighted by Crippen LogP contribution is -2.18. The fourth-order valence-electron chi connectivity index (χ4n) is 4.55. The van der Waals surface area contributed by atoms with Gasteiger partial charge in [0.1, 0.15) is 11.6 Å². The van der Waals surface area contributed by atoms with E-state index in [0.717, 1.165) is 31.5 Å². The van der Waals surface area contributed by atoms with Crippen LogP contribution in [0.1, 0.15) is 63.4 Å². The van der Waals surface area contributed by atoms with Gasteiger partial charge in [0.05, 0.1) is 23.6 Å². The monoisotopic (exact) mass is 503 g/mol. The summed E-state index contributed by atoms with van der Waals surface area (Å²) in [5.74, 6) is 1.79. The molecule has 1 aliphatic carbocycles. The molecular formula is C24H33N5O5S. The van der Waals surface area contributed by atoms with Crippen molar-refractivity contribution in [2.45, 2.75) is 58.8 Å². The summed E-state index contributed by atoms with van der Waals surface area (Å²) in [6.07, 6.45) is 4.70. The van der Waals surface area contributed by atoms with Crippen LogP contribution in [0.25, 0.3) is 16.9 Å². The van der Waals surface area contributed by atoms with Gasteiger partial charge in [-0.05, 0) is 58.2 Å². The average molecular weight is 504 g/mol. The molecule has 3 aromatic rings. The predicted octanol–water partition coefficient (Wildman–Crippen LogP) is 3.62. The molecule has 0 amide bonds.